The van der Waals surface area contributed by atoms with Gasteiger partial charge >= 0.3 is 0 Å². The van der Waals surface area contributed by atoms with Crippen molar-refractivity contribution in [2.75, 3.05) is 33.7 Å². The number of terminal acetylenes is 1. The summed E-state index contributed by atoms with van der Waals surface area (Å²) in [5, 5.41) is 3.11. The van der Waals surface area contributed by atoms with Gasteiger partial charge in [-0.2, -0.15) is 0 Å². The van der Waals surface area contributed by atoms with Gasteiger partial charge in [-0.05, 0) is 33.6 Å². The van der Waals surface area contributed by atoms with Crippen LogP contribution in [0, 0.1) is 12.3 Å². The molecule has 0 aliphatic rings. The van der Waals surface area contributed by atoms with E-state index in [1.54, 1.807) is 0 Å². The molecule has 0 aliphatic carbocycles. The van der Waals surface area contributed by atoms with Gasteiger partial charge in [-0.1, -0.05) is 0 Å². The van der Waals surface area contributed by atoms with Crippen LogP contribution in [0.2, 0.25) is 0 Å². The highest BCUT2D eigenvalue weighted by Crippen LogP contribution is 1.87. The maximum atomic E-state index is 5.14. The Kier molecular flexibility index (Phi) is 7.23. The van der Waals surface area contributed by atoms with Gasteiger partial charge in [0.05, 0.1) is 0 Å². The third kappa shape index (κ3) is 7.38. The van der Waals surface area contributed by atoms with Gasteiger partial charge in [0, 0.05) is 13.0 Å². The fourth-order valence-electron chi connectivity index (χ4n) is 0.893. The van der Waals surface area contributed by atoms with Gasteiger partial charge < -0.3 is 10.2 Å². The van der Waals surface area contributed by atoms with Crippen LogP contribution in [0.5, 0.6) is 0 Å². The molecule has 0 heterocycles. The van der Waals surface area contributed by atoms with Crippen LogP contribution in [-0.4, -0.2) is 38.6 Å². The highest BCUT2D eigenvalue weighted by Gasteiger charge is 1.94. The molecule has 0 rings (SSSR count). The summed E-state index contributed by atoms with van der Waals surface area (Å²) in [6.07, 6.45) is 7.19. The van der Waals surface area contributed by atoms with Crippen LogP contribution in [0.15, 0.2) is 0 Å². The van der Waals surface area contributed by atoms with Crippen LogP contribution >= 0.6 is 0 Å². The standard InChI is InChI=1S/C9H18N2/c1-4-5-8-11(3)9-6-7-10-2/h1,10H,5-9H2,2-3H3. The number of hydrogen-bond donors (Lipinski definition) is 1. The third-order valence-corrected chi connectivity index (χ3v) is 1.60. The van der Waals surface area contributed by atoms with Gasteiger partial charge in [0.25, 0.3) is 0 Å². The lowest BCUT2D eigenvalue weighted by Crippen LogP contribution is -2.23. The van der Waals surface area contributed by atoms with E-state index in [1.807, 2.05) is 7.05 Å². The first-order valence-electron chi connectivity index (χ1n) is 4.08. The van der Waals surface area contributed by atoms with Gasteiger partial charge in [-0.15, -0.1) is 12.3 Å². The molecule has 0 aromatic heterocycles. The third-order valence-electron chi connectivity index (χ3n) is 1.60. The van der Waals surface area contributed by atoms with E-state index in [2.05, 4.69) is 23.2 Å². The van der Waals surface area contributed by atoms with Crippen LogP contribution in [-0.2, 0) is 0 Å². The molecule has 0 fully saturated rings. The monoisotopic (exact) mass is 154 g/mol. The summed E-state index contributed by atoms with van der Waals surface area (Å²) < 4.78 is 0. The van der Waals surface area contributed by atoms with Crippen LogP contribution in [0.1, 0.15) is 12.8 Å². The molecule has 0 aromatic carbocycles. The minimum atomic E-state index is 0.857. The van der Waals surface area contributed by atoms with Gasteiger partial charge in [-0.3, -0.25) is 0 Å². The number of rotatable bonds is 6. The fraction of sp³-hybridized carbons (Fsp3) is 0.778. The van der Waals surface area contributed by atoms with Gasteiger partial charge in [-0.25, -0.2) is 0 Å². The average Bonchev–Trinajstić information content (AvgIpc) is 2.01. The highest BCUT2D eigenvalue weighted by atomic mass is 15.1. The minimum Gasteiger partial charge on any atom is -0.320 e. The minimum absolute atomic E-state index is 0.857. The molecular formula is C9H18N2. The van der Waals surface area contributed by atoms with Crippen molar-refractivity contribution in [3.05, 3.63) is 0 Å². The first kappa shape index (κ1) is 10.5. The molecule has 0 saturated carbocycles. The summed E-state index contributed by atoms with van der Waals surface area (Å²) in [6.45, 7) is 3.23. The van der Waals surface area contributed by atoms with Crippen LogP contribution < -0.4 is 5.32 Å². The van der Waals surface area contributed by atoms with Crippen molar-refractivity contribution in [3.8, 4) is 12.3 Å². The SMILES string of the molecule is C#CCCN(C)CCCNC. The molecule has 0 bridgehead atoms. The van der Waals surface area contributed by atoms with E-state index < -0.39 is 0 Å². The summed E-state index contributed by atoms with van der Waals surface area (Å²) in [4.78, 5) is 2.26. The second-order valence-corrected chi connectivity index (χ2v) is 2.71. The van der Waals surface area contributed by atoms with Crippen molar-refractivity contribution in [1.29, 1.82) is 0 Å². The molecule has 11 heavy (non-hydrogen) atoms. The first-order valence-corrected chi connectivity index (χ1v) is 4.08. The molecule has 0 aromatic rings. The topological polar surface area (TPSA) is 15.3 Å². The average molecular weight is 154 g/mol. The Morgan fingerprint density at radius 3 is 2.73 bits per heavy atom. The second-order valence-electron chi connectivity index (χ2n) is 2.71. The van der Waals surface area contributed by atoms with E-state index in [9.17, 15) is 0 Å². The summed E-state index contributed by atoms with van der Waals surface area (Å²) >= 11 is 0. The van der Waals surface area contributed by atoms with Crippen molar-refractivity contribution >= 4 is 0 Å². The van der Waals surface area contributed by atoms with Gasteiger partial charge in [0.1, 0.15) is 0 Å². The largest absolute Gasteiger partial charge is 0.320 e. The summed E-state index contributed by atoms with van der Waals surface area (Å²) in [7, 11) is 4.08. The van der Waals surface area contributed by atoms with Crippen molar-refractivity contribution in [2.24, 2.45) is 0 Å². The van der Waals surface area contributed by atoms with Gasteiger partial charge in [0.2, 0.25) is 0 Å². The van der Waals surface area contributed by atoms with E-state index in [-0.39, 0.29) is 0 Å². The molecule has 2 nitrogen and oxygen atoms in total. The number of nitrogens with zero attached hydrogens (tertiary/aromatic N) is 1. The van der Waals surface area contributed by atoms with Crippen LogP contribution in [0.4, 0.5) is 0 Å². The van der Waals surface area contributed by atoms with Crippen molar-refractivity contribution in [1.82, 2.24) is 10.2 Å². The lowest BCUT2D eigenvalue weighted by atomic mass is 10.3. The molecule has 2 heteroatoms. The highest BCUT2D eigenvalue weighted by molar-refractivity contribution is 4.84. The van der Waals surface area contributed by atoms with Crippen molar-refractivity contribution < 1.29 is 0 Å². The zero-order valence-electron chi connectivity index (χ0n) is 7.56. The predicted molar refractivity (Wildman–Crippen MR) is 49.5 cm³/mol. The molecular weight excluding hydrogens is 136 g/mol. The van der Waals surface area contributed by atoms with E-state index >= 15 is 0 Å². The summed E-state index contributed by atoms with van der Waals surface area (Å²) in [5.74, 6) is 2.63. The van der Waals surface area contributed by atoms with Crippen LogP contribution in [0.25, 0.3) is 0 Å². The zero-order valence-corrected chi connectivity index (χ0v) is 7.56. The maximum absolute atomic E-state index is 5.14. The van der Waals surface area contributed by atoms with E-state index in [0.717, 1.165) is 26.1 Å². The fourth-order valence-corrected chi connectivity index (χ4v) is 0.893. The molecule has 0 amide bonds. The molecule has 0 aliphatic heterocycles. The van der Waals surface area contributed by atoms with E-state index in [4.69, 9.17) is 6.42 Å². The molecule has 0 spiro atoms. The molecule has 0 atom stereocenters. The predicted octanol–water partition coefficient (Wildman–Crippen LogP) is 0.551. The Morgan fingerprint density at radius 2 is 2.18 bits per heavy atom. The lowest BCUT2D eigenvalue weighted by Gasteiger charge is -2.14. The Hall–Kier alpha value is -0.520. The number of hydrogen-bond acceptors (Lipinski definition) is 2. The first-order chi connectivity index (χ1) is 5.31. The Bertz CT molecular complexity index is 115. The Balaban J connectivity index is 3.10. The normalized spacial score (nSPS) is 10.0. The summed E-state index contributed by atoms with van der Waals surface area (Å²) in [6, 6.07) is 0. The molecule has 0 saturated heterocycles. The zero-order chi connectivity index (χ0) is 8.53. The van der Waals surface area contributed by atoms with Crippen LogP contribution in [0.3, 0.4) is 0 Å². The quantitative estimate of drug-likeness (QED) is 0.444. The smallest absolute Gasteiger partial charge is 0.0214 e. The van der Waals surface area contributed by atoms with Crippen molar-refractivity contribution in [3.63, 3.8) is 0 Å². The van der Waals surface area contributed by atoms with E-state index in [1.165, 1.54) is 6.42 Å². The summed E-state index contributed by atoms with van der Waals surface area (Å²) in [5.41, 5.74) is 0. The Morgan fingerprint density at radius 1 is 1.45 bits per heavy atom. The molecule has 0 unspecified atom stereocenters. The van der Waals surface area contributed by atoms with Gasteiger partial charge in [0.15, 0.2) is 0 Å². The van der Waals surface area contributed by atoms with E-state index in [0.29, 0.717) is 0 Å². The maximum Gasteiger partial charge on any atom is 0.0214 e. The van der Waals surface area contributed by atoms with Crippen molar-refractivity contribution in [2.45, 2.75) is 12.8 Å². The Labute approximate surface area is 70.0 Å². The lowest BCUT2D eigenvalue weighted by molar-refractivity contribution is 0.336. The molecule has 1 N–H and O–H groups in total. The second kappa shape index (κ2) is 7.59. The number of nitrogens with one attached hydrogen (secondary N) is 1. The molecule has 0 radical (unpaired) electrons. The molecule has 64 valence electrons.